The van der Waals surface area contributed by atoms with Crippen LogP contribution in [0.3, 0.4) is 0 Å². The Hall–Kier alpha value is -3.48. The monoisotopic (exact) mass is 430 g/mol. The molecular weight excluding hydrogens is 404 g/mol. The molecule has 0 fully saturated rings. The molecule has 3 heteroatoms. The first-order chi connectivity index (χ1) is 15.3. The molecular formula is C29H26N2Si. The van der Waals surface area contributed by atoms with Crippen molar-refractivity contribution >= 4 is 62.2 Å². The smallest absolute Gasteiger partial charge is 0.129 e. The number of hydrogen-bond acceptors (Lipinski definition) is 0. The van der Waals surface area contributed by atoms with Gasteiger partial charge in [0.1, 0.15) is 8.07 Å². The fraction of sp³-hybridized carbons (Fsp3) is 0.172. The quantitative estimate of drug-likeness (QED) is 0.135. The Morgan fingerprint density at radius 2 is 1.25 bits per heavy atom. The number of nitrogens with zero attached hydrogens (tertiary/aromatic N) is 2. The third kappa shape index (κ3) is 2.87. The van der Waals surface area contributed by atoms with E-state index < -0.39 is 8.07 Å². The molecule has 0 amide bonds. The van der Waals surface area contributed by atoms with Gasteiger partial charge in [0.05, 0.1) is 5.69 Å². The first-order valence-corrected chi connectivity index (χ1v) is 14.7. The third-order valence-electron chi connectivity index (χ3n) is 6.57. The van der Waals surface area contributed by atoms with Crippen LogP contribution in [0.5, 0.6) is 0 Å². The van der Waals surface area contributed by atoms with Crippen LogP contribution < -0.4 is 0 Å². The fourth-order valence-corrected chi connectivity index (χ4v) is 5.35. The number of benzene rings is 4. The first kappa shape index (κ1) is 19.2. The van der Waals surface area contributed by atoms with E-state index in [1.807, 2.05) is 0 Å². The summed E-state index contributed by atoms with van der Waals surface area (Å²) in [5, 5.41) is 10.3. The van der Waals surface area contributed by atoms with Gasteiger partial charge in [-0.25, -0.2) is 0 Å². The summed E-state index contributed by atoms with van der Waals surface area (Å²) in [6, 6.07) is 22.8. The summed E-state index contributed by atoms with van der Waals surface area (Å²) >= 11 is 0. The zero-order chi connectivity index (χ0) is 22.2. The van der Waals surface area contributed by atoms with Crippen molar-refractivity contribution in [2.75, 3.05) is 0 Å². The van der Waals surface area contributed by atoms with Crippen LogP contribution in [0.25, 0.3) is 54.1 Å². The Morgan fingerprint density at radius 3 is 1.91 bits per heavy atom. The molecule has 0 saturated heterocycles. The maximum absolute atomic E-state index is 3.51. The van der Waals surface area contributed by atoms with E-state index in [2.05, 4.69) is 121 Å². The molecule has 0 bridgehead atoms. The Kier molecular flexibility index (Phi) is 3.91. The molecule has 0 atom stereocenters. The van der Waals surface area contributed by atoms with E-state index in [1.54, 1.807) is 0 Å². The summed E-state index contributed by atoms with van der Waals surface area (Å²) in [6.45, 7) is 6.86. The average Bonchev–Trinajstić information content (AvgIpc) is 3.27. The van der Waals surface area contributed by atoms with Gasteiger partial charge in [-0.3, -0.25) is 0 Å². The van der Waals surface area contributed by atoms with Gasteiger partial charge in [0.15, 0.2) is 0 Å². The standard InChI is InChI=1S/C29H26N2Si/c1-30-12-10-21-14-19-6-8-25-24(26(19)17-28(21)30)9-7-20-15-22-16-23(11-13-32(3,4)5)31(2)29(22)18-27(20)25/h6-10,12,14-18H,1-5H3. The van der Waals surface area contributed by atoms with Crippen LogP contribution in [0.4, 0.5) is 0 Å². The molecule has 4 aromatic carbocycles. The van der Waals surface area contributed by atoms with Gasteiger partial charge in [-0.15, -0.1) is 5.54 Å². The van der Waals surface area contributed by atoms with Crippen LogP contribution in [0.2, 0.25) is 19.6 Å². The van der Waals surface area contributed by atoms with Crippen molar-refractivity contribution in [2.24, 2.45) is 14.1 Å². The van der Waals surface area contributed by atoms with E-state index in [1.165, 1.54) is 54.1 Å². The molecule has 2 aromatic heterocycles. The van der Waals surface area contributed by atoms with Gasteiger partial charge in [-0.2, -0.15) is 0 Å². The Bertz CT molecular complexity index is 1780. The van der Waals surface area contributed by atoms with E-state index >= 15 is 0 Å². The Morgan fingerprint density at radius 1 is 0.625 bits per heavy atom. The highest BCUT2D eigenvalue weighted by Gasteiger charge is 2.12. The summed E-state index contributed by atoms with van der Waals surface area (Å²) in [4.78, 5) is 0. The summed E-state index contributed by atoms with van der Waals surface area (Å²) in [5.41, 5.74) is 7.12. The van der Waals surface area contributed by atoms with Crippen molar-refractivity contribution in [3.05, 3.63) is 72.6 Å². The van der Waals surface area contributed by atoms with E-state index in [-0.39, 0.29) is 0 Å². The van der Waals surface area contributed by atoms with Gasteiger partial charge < -0.3 is 9.13 Å². The van der Waals surface area contributed by atoms with Crippen LogP contribution in [0, 0.1) is 11.5 Å². The van der Waals surface area contributed by atoms with E-state index in [0.717, 1.165) is 5.69 Å². The van der Waals surface area contributed by atoms with Crippen molar-refractivity contribution in [3.63, 3.8) is 0 Å². The van der Waals surface area contributed by atoms with Gasteiger partial charge in [0, 0.05) is 42.1 Å². The largest absolute Gasteiger partial charge is 0.351 e. The van der Waals surface area contributed by atoms with Crippen LogP contribution in [0.15, 0.2) is 66.9 Å². The molecule has 2 heterocycles. The van der Waals surface area contributed by atoms with Crippen LogP contribution >= 0.6 is 0 Å². The van der Waals surface area contributed by atoms with Crippen LogP contribution in [-0.2, 0) is 14.1 Å². The predicted molar refractivity (Wildman–Crippen MR) is 142 cm³/mol. The fourth-order valence-electron chi connectivity index (χ4n) is 4.85. The molecule has 0 spiro atoms. The number of fused-ring (bicyclic) bond motifs is 7. The summed E-state index contributed by atoms with van der Waals surface area (Å²) in [6.07, 6.45) is 2.13. The second-order valence-electron chi connectivity index (χ2n) is 10.0. The van der Waals surface area contributed by atoms with Gasteiger partial charge in [-0.1, -0.05) is 49.8 Å². The molecule has 0 radical (unpaired) electrons. The zero-order valence-electron chi connectivity index (χ0n) is 19.2. The topological polar surface area (TPSA) is 9.86 Å². The lowest BCUT2D eigenvalue weighted by Gasteiger charge is -2.10. The summed E-state index contributed by atoms with van der Waals surface area (Å²) in [7, 11) is 2.83. The molecule has 6 rings (SSSR count). The molecule has 0 aliphatic rings. The van der Waals surface area contributed by atoms with Gasteiger partial charge in [0.2, 0.25) is 0 Å². The maximum atomic E-state index is 3.51. The highest BCUT2D eigenvalue weighted by Crippen LogP contribution is 2.35. The van der Waals surface area contributed by atoms with Crippen LogP contribution in [0.1, 0.15) is 5.69 Å². The molecule has 0 N–H and O–H groups in total. The minimum atomic E-state index is -1.42. The summed E-state index contributed by atoms with van der Waals surface area (Å²) in [5.74, 6) is 3.45. The van der Waals surface area contributed by atoms with Crippen molar-refractivity contribution < 1.29 is 0 Å². The van der Waals surface area contributed by atoms with Gasteiger partial charge in [0.25, 0.3) is 0 Å². The molecule has 32 heavy (non-hydrogen) atoms. The van der Waals surface area contributed by atoms with Gasteiger partial charge >= 0.3 is 0 Å². The Labute approximate surface area is 189 Å². The first-order valence-electron chi connectivity index (χ1n) is 11.2. The van der Waals surface area contributed by atoms with Crippen molar-refractivity contribution in [2.45, 2.75) is 19.6 Å². The average molecular weight is 431 g/mol. The predicted octanol–water partition coefficient (Wildman–Crippen LogP) is 7.36. The number of aryl methyl sites for hydroxylation is 2. The maximum Gasteiger partial charge on any atom is 0.129 e. The highest BCUT2D eigenvalue weighted by atomic mass is 28.3. The van der Waals surface area contributed by atoms with Crippen molar-refractivity contribution in [1.29, 1.82) is 0 Å². The lowest BCUT2D eigenvalue weighted by atomic mass is 9.95. The Balaban J connectivity index is 1.65. The lowest BCUT2D eigenvalue weighted by molar-refractivity contribution is 0.952. The van der Waals surface area contributed by atoms with E-state index in [4.69, 9.17) is 0 Å². The number of hydrogen-bond donors (Lipinski definition) is 0. The zero-order valence-corrected chi connectivity index (χ0v) is 20.2. The van der Waals surface area contributed by atoms with Gasteiger partial charge in [-0.05, 0) is 68.7 Å². The molecule has 0 aliphatic heterocycles. The number of rotatable bonds is 0. The second-order valence-corrected chi connectivity index (χ2v) is 14.8. The molecule has 0 unspecified atom stereocenters. The molecule has 6 aromatic rings. The second kappa shape index (κ2) is 6.51. The highest BCUT2D eigenvalue weighted by molar-refractivity contribution is 6.83. The van der Waals surface area contributed by atoms with Crippen molar-refractivity contribution in [3.8, 4) is 11.5 Å². The van der Waals surface area contributed by atoms with Crippen molar-refractivity contribution in [1.82, 2.24) is 9.13 Å². The minimum Gasteiger partial charge on any atom is -0.351 e. The van der Waals surface area contributed by atoms with Crippen LogP contribution in [-0.4, -0.2) is 17.2 Å². The molecule has 0 saturated carbocycles. The SMILES string of the molecule is Cn1ccc2cc3ccc4c5cc6c(cc(C#C[Si](C)(C)C)n6C)cc5ccc4c3cc21. The molecule has 156 valence electrons. The molecule has 2 nitrogen and oxygen atoms in total. The lowest BCUT2D eigenvalue weighted by Crippen LogP contribution is -2.16. The van der Waals surface area contributed by atoms with E-state index in [9.17, 15) is 0 Å². The minimum absolute atomic E-state index is 1.10. The van der Waals surface area contributed by atoms with E-state index in [0.29, 0.717) is 0 Å². The number of aromatic nitrogens is 2. The molecule has 0 aliphatic carbocycles. The normalized spacial score (nSPS) is 12.3. The summed E-state index contributed by atoms with van der Waals surface area (Å²) < 4.78 is 4.44. The third-order valence-corrected chi connectivity index (χ3v) is 7.44.